The molecule has 0 bridgehead atoms. The highest BCUT2D eigenvalue weighted by Gasteiger charge is 2.15. The minimum atomic E-state index is 0.253. The second-order valence-electron chi connectivity index (χ2n) is 4.02. The maximum absolute atomic E-state index is 4.29. The number of rotatable bonds is 5. The lowest BCUT2D eigenvalue weighted by molar-refractivity contribution is 0.537. The molecule has 0 spiro atoms. The molecule has 96 valence electrons. The first kappa shape index (κ1) is 13.8. The van der Waals surface area contributed by atoms with Crippen LogP contribution in [0.2, 0.25) is 0 Å². The fourth-order valence-electron chi connectivity index (χ4n) is 1.93. The molecule has 1 heterocycles. The van der Waals surface area contributed by atoms with Gasteiger partial charge < -0.3 is 10.3 Å². The van der Waals surface area contributed by atoms with Crippen molar-refractivity contribution in [3.8, 4) is 0 Å². The Kier molecular flexibility index (Phi) is 4.97. The first-order valence-corrected chi connectivity index (χ1v) is 7.46. The Labute approximate surface area is 124 Å². The molecule has 2 rings (SSSR count). The van der Waals surface area contributed by atoms with Crippen molar-refractivity contribution >= 4 is 31.9 Å². The number of aromatic nitrogens is 2. The quantitative estimate of drug-likeness (QED) is 0.837. The molecule has 1 aromatic heterocycles. The average molecular weight is 373 g/mol. The molecule has 0 saturated carbocycles. The highest BCUT2D eigenvalue weighted by Crippen LogP contribution is 2.28. The maximum Gasteiger partial charge on any atom is 0.107 e. The van der Waals surface area contributed by atoms with Gasteiger partial charge in [0.05, 0.1) is 0 Å². The lowest BCUT2D eigenvalue weighted by Gasteiger charge is -2.19. The third kappa shape index (κ3) is 3.43. The smallest absolute Gasteiger partial charge is 0.107 e. The number of imidazole rings is 1. The summed E-state index contributed by atoms with van der Waals surface area (Å²) in [4.78, 5) is 7.44. The topological polar surface area (TPSA) is 40.7 Å². The fourth-order valence-corrected chi connectivity index (χ4v) is 3.25. The van der Waals surface area contributed by atoms with Gasteiger partial charge in [0.25, 0.3) is 0 Å². The normalized spacial score (nSPS) is 12.6. The lowest BCUT2D eigenvalue weighted by atomic mass is 10.0. The van der Waals surface area contributed by atoms with Gasteiger partial charge in [-0.1, -0.05) is 44.8 Å². The molecule has 1 atom stereocenters. The van der Waals surface area contributed by atoms with Gasteiger partial charge in [0.1, 0.15) is 5.82 Å². The highest BCUT2D eigenvalue weighted by atomic mass is 79.9. The van der Waals surface area contributed by atoms with Crippen molar-refractivity contribution < 1.29 is 0 Å². The van der Waals surface area contributed by atoms with Crippen molar-refractivity contribution in [2.45, 2.75) is 19.4 Å². The van der Waals surface area contributed by atoms with E-state index in [9.17, 15) is 0 Å². The molecule has 1 unspecified atom stereocenters. The maximum atomic E-state index is 4.29. The number of H-pyrrole nitrogens is 1. The number of benzene rings is 1. The molecule has 0 aliphatic carbocycles. The third-order valence-corrected chi connectivity index (χ3v) is 3.92. The molecule has 2 N–H and O–H groups in total. The molecule has 0 aliphatic rings. The number of hydrogen-bond acceptors (Lipinski definition) is 2. The largest absolute Gasteiger partial charge is 0.349 e. The highest BCUT2D eigenvalue weighted by molar-refractivity contribution is 9.11. The predicted molar refractivity (Wildman–Crippen MR) is 80.6 cm³/mol. The number of hydrogen-bond donors (Lipinski definition) is 2. The van der Waals surface area contributed by atoms with Crippen LogP contribution in [0.3, 0.4) is 0 Å². The molecule has 0 saturated heterocycles. The van der Waals surface area contributed by atoms with E-state index in [2.05, 4.69) is 72.3 Å². The van der Waals surface area contributed by atoms with Gasteiger partial charge in [-0.25, -0.2) is 4.98 Å². The van der Waals surface area contributed by atoms with Gasteiger partial charge in [0, 0.05) is 33.8 Å². The van der Waals surface area contributed by atoms with Crippen LogP contribution in [0.1, 0.15) is 24.4 Å². The molecule has 18 heavy (non-hydrogen) atoms. The molecule has 2 aromatic rings. The Hall–Kier alpha value is -0.650. The predicted octanol–water partition coefficient (Wildman–Crippen LogP) is 3.83. The summed E-state index contributed by atoms with van der Waals surface area (Å²) in [5, 5.41) is 3.49. The van der Waals surface area contributed by atoms with Crippen LogP contribution in [0.25, 0.3) is 0 Å². The third-order valence-electron chi connectivity index (χ3n) is 2.74. The van der Waals surface area contributed by atoms with Crippen molar-refractivity contribution in [3.05, 3.63) is 50.9 Å². The first-order valence-electron chi connectivity index (χ1n) is 5.87. The molecular weight excluding hydrogens is 358 g/mol. The SMILES string of the molecule is CCNC(Cc1ncc[nH]1)c1ccc(Br)cc1Br. The molecule has 0 fully saturated rings. The summed E-state index contributed by atoms with van der Waals surface area (Å²) < 4.78 is 2.18. The van der Waals surface area contributed by atoms with Crippen LogP contribution in [0.15, 0.2) is 39.5 Å². The molecule has 0 amide bonds. The van der Waals surface area contributed by atoms with E-state index in [1.54, 1.807) is 6.20 Å². The Balaban J connectivity index is 2.23. The van der Waals surface area contributed by atoms with Crippen LogP contribution in [-0.4, -0.2) is 16.5 Å². The summed E-state index contributed by atoms with van der Waals surface area (Å²) in [6.45, 7) is 3.04. The zero-order valence-corrected chi connectivity index (χ0v) is 13.3. The second-order valence-corrected chi connectivity index (χ2v) is 5.79. The molecule has 3 nitrogen and oxygen atoms in total. The number of aromatic amines is 1. The minimum absolute atomic E-state index is 0.253. The Bertz CT molecular complexity index is 497. The number of nitrogens with one attached hydrogen (secondary N) is 2. The van der Waals surface area contributed by atoms with E-state index in [1.165, 1.54) is 5.56 Å². The van der Waals surface area contributed by atoms with Gasteiger partial charge in [-0.15, -0.1) is 0 Å². The Morgan fingerprint density at radius 3 is 2.83 bits per heavy atom. The standard InChI is InChI=1S/C13H15Br2N3/c1-2-16-12(8-13-17-5-6-18-13)10-4-3-9(14)7-11(10)15/h3-7,12,16H,2,8H2,1H3,(H,17,18). The van der Waals surface area contributed by atoms with E-state index < -0.39 is 0 Å². The van der Waals surface area contributed by atoms with Crippen LogP contribution in [0, 0.1) is 0 Å². The van der Waals surface area contributed by atoms with E-state index in [0.717, 1.165) is 27.7 Å². The molecule has 0 aliphatic heterocycles. The summed E-state index contributed by atoms with van der Waals surface area (Å²) in [6.07, 6.45) is 4.49. The van der Waals surface area contributed by atoms with Crippen LogP contribution < -0.4 is 5.32 Å². The van der Waals surface area contributed by atoms with Crippen LogP contribution >= 0.6 is 31.9 Å². The summed E-state index contributed by atoms with van der Waals surface area (Å²) in [5.74, 6) is 0.996. The second kappa shape index (κ2) is 6.50. The van der Waals surface area contributed by atoms with E-state index in [1.807, 2.05) is 6.20 Å². The van der Waals surface area contributed by atoms with Crippen molar-refractivity contribution in [2.24, 2.45) is 0 Å². The van der Waals surface area contributed by atoms with Gasteiger partial charge in [0.15, 0.2) is 0 Å². The summed E-state index contributed by atoms with van der Waals surface area (Å²) >= 11 is 7.10. The van der Waals surface area contributed by atoms with Gasteiger partial charge in [-0.05, 0) is 24.2 Å². The zero-order chi connectivity index (χ0) is 13.0. The van der Waals surface area contributed by atoms with E-state index in [-0.39, 0.29) is 6.04 Å². The van der Waals surface area contributed by atoms with Crippen LogP contribution in [0.4, 0.5) is 0 Å². The Morgan fingerprint density at radius 1 is 1.39 bits per heavy atom. The number of halogens is 2. The number of likely N-dealkylation sites (N-methyl/N-ethyl adjacent to an activating group) is 1. The number of nitrogens with zero attached hydrogens (tertiary/aromatic N) is 1. The lowest BCUT2D eigenvalue weighted by Crippen LogP contribution is -2.23. The first-order chi connectivity index (χ1) is 8.70. The van der Waals surface area contributed by atoms with Crippen molar-refractivity contribution in [1.82, 2.24) is 15.3 Å². The van der Waals surface area contributed by atoms with Crippen molar-refractivity contribution in [2.75, 3.05) is 6.54 Å². The van der Waals surface area contributed by atoms with Crippen molar-refractivity contribution in [3.63, 3.8) is 0 Å². The minimum Gasteiger partial charge on any atom is -0.349 e. The van der Waals surface area contributed by atoms with Crippen LogP contribution in [-0.2, 0) is 6.42 Å². The molecule has 5 heteroatoms. The van der Waals surface area contributed by atoms with Gasteiger partial charge in [-0.3, -0.25) is 0 Å². The fraction of sp³-hybridized carbons (Fsp3) is 0.308. The van der Waals surface area contributed by atoms with Crippen molar-refractivity contribution in [1.29, 1.82) is 0 Å². The van der Waals surface area contributed by atoms with Gasteiger partial charge in [0.2, 0.25) is 0 Å². The molecular formula is C13H15Br2N3. The van der Waals surface area contributed by atoms with Gasteiger partial charge in [-0.2, -0.15) is 0 Å². The van der Waals surface area contributed by atoms with E-state index in [4.69, 9.17) is 0 Å². The molecule has 1 aromatic carbocycles. The molecule has 0 radical (unpaired) electrons. The summed E-state index contributed by atoms with van der Waals surface area (Å²) in [5.41, 5.74) is 1.25. The van der Waals surface area contributed by atoms with Gasteiger partial charge >= 0.3 is 0 Å². The van der Waals surface area contributed by atoms with E-state index in [0.29, 0.717) is 0 Å². The summed E-state index contributed by atoms with van der Waals surface area (Å²) in [7, 11) is 0. The average Bonchev–Trinajstić information content (AvgIpc) is 2.81. The van der Waals surface area contributed by atoms with E-state index >= 15 is 0 Å². The Morgan fingerprint density at radius 2 is 2.22 bits per heavy atom. The monoisotopic (exact) mass is 371 g/mol. The zero-order valence-electron chi connectivity index (χ0n) is 10.1. The van der Waals surface area contributed by atoms with Crippen LogP contribution in [0.5, 0.6) is 0 Å². The summed E-state index contributed by atoms with van der Waals surface area (Å²) in [6, 6.07) is 6.52.